The predicted octanol–water partition coefficient (Wildman–Crippen LogP) is 14.0. The molecule has 10 atom stereocenters. The van der Waals surface area contributed by atoms with Crippen molar-refractivity contribution in [2.24, 2.45) is 0 Å². The molecule has 3 N–H and O–H groups in total. The molecule has 0 spiro atoms. The van der Waals surface area contributed by atoms with Crippen LogP contribution in [0.25, 0.3) is 0 Å². The minimum absolute atomic E-state index is 0.0220. The van der Waals surface area contributed by atoms with Crippen LogP contribution in [-0.4, -0.2) is 152 Å². The van der Waals surface area contributed by atoms with Gasteiger partial charge in [-0.2, -0.15) is 74.6 Å². The number of carbonyl (C=O) groups excluding carboxylic acids is 1. The molecule has 0 aliphatic carbocycles. The Morgan fingerprint density at radius 1 is 0.394 bits per heavy atom. The van der Waals surface area contributed by atoms with E-state index in [4.69, 9.17) is 47.4 Å². The Morgan fingerprint density at radius 3 is 1.24 bits per heavy atom. The molecular formula is C68H68F17NO13. The van der Waals surface area contributed by atoms with Crippen molar-refractivity contribution in [2.75, 3.05) is 26.4 Å². The molecule has 2 saturated heterocycles. The Bertz CT molecular complexity index is 3390. The summed E-state index contributed by atoms with van der Waals surface area (Å²) in [4.78, 5) is 12.9. The number of alkyl carbamates (subject to hydrolysis) is 1. The molecule has 542 valence electrons. The van der Waals surface area contributed by atoms with Gasteiger partial charge in [0.15, 0.2) is 12.6 Å². The van der Waals surface area contributed by atoms with Gasteiger partial charge >= 0.3 is 53.7 Å². The maximum absolute atomic E-state index is 14.7. The first-order chi connectivity index (χ1) is 46.8. The summed E-state index contributed by atoms with van der Waals surface area (Å²) in [5.74, 6) is -57.0. The largest absolute Gasteiger partial charge is 0.460 e. The van der Waals surface area contributed by atoms with Crippen LogP contribution < -0.4 is 5.32 Å². The van der Waals surface area contributed by atoms with Crippen molar-refractivity contribution < 1.29 is 137 Å². The predicted molar refractivity (Wildman–Crippen MR) is 316 cm³/mol. The lowest BCUT2D eigenvalue weighted by Crippen LogP contribution is -2.74. The van der Waals surface area contributed by atoms with Gasteiger partial charge in [-0.1, -0.05) is 176 Å². The van der Waals surface area contributed by atoms with E-state index in [1.165, 1.54) is 0 Å². The summed E-state index contributed by atoms with van der Waals surface area (Å²) < 4.78 is 299. The minimum atomic E-state index is -8.72. The number of rotatable bonds is 35. The van der Waals surface area contributed by atoms with Gasteiger partial charge in [-0.25, -0.2) is 4.79 Å². The molecule has 0 saturated carbocycles. The van der Waals surface area contributed by atoms with Crippen molar-refractivity contribution in [1.82, 2.24) is 5.32 Å². The third-order valence-electron chi connectivity index (χ3n) is 16.0. The zero-order chi connectivity index (χ0) is 71.9. The maximum Gasteiger partial charge on any atom is 0.460 e. The molecule has 0 unspecified atom stereocenters. The Hall–Kier alpha value is -7.04. The van der Waals surface area contributed by atoms with Crippen LogP contribution in [0.15, 0.2) is 176 Å². The third-order valence-corrected chi connectivity index (χ3v) is 16.0. The number of amides is 1. The molecule has 0 aromatic heterocycles. The third kappa shape index (κ3) is 18.7. The van der Waals surface area contributed by atoms with Crippen molar-refractivity contribution >= 4 is 6.09 Å². The lowest BCUT2D eigenvalue weighted by atomic mass is 9.87. The van der Waals surface area contributed by atoms with Crippen molar-refractivity contribution in [3.05, 3.63) is 215 Å². The van der Waals surface area contributed by atoms with Crippen LogP contribution in [-0.2, 0) is 93.4 Å². The van der Waals surface area contributed by atoms with E-state index in [1.807, 2.05) is 127 Å². The minimum Gasteiger partial charge on any atom is -0.445 e. The molecule has 2 heterocycles. The second-order valence-corrected chi connectivity index (χ2v) is 23.1. The summed E-state index contributed by atoms with van der Waals surface area (Å²) in [6.45, 7) is -1.11. The summed E-state index contributed by atoms with van der Waals surface area (Å²) in [6.07, 6.45) is -26.0. The molecule has 0 radical (unpaired) electrons. The topological polar surface area (TPSA) is 162 Å². The zero-order valence-electron chi connectivity index (χ0n) is 52.0. The Balaban J connectivity index is 0.952. The lowest BCUT2D eigenvalue weighted by Gasteiger charge is -2.49. The highest BCUT2D eigenvalue weighted by Gasteiger charge is 2.95. The van der Waals surface area contributed by atoms with Gasteiger partial charge in [0.05, 0.1) is 52.9 Å². The highest BCUT2D eigenvalue weighted by molar-refractivity contribution is 5.67. The second kappa shape index (κ2) is 33.6. The van der Waals surface area contributed by atoms with E-state index >= 15 is 0 Å². The van der Waals surface area contributed by atoms with Crippen molar-refractivity contribution in [2.45, 2.75) is 168 Å². The van der Waals surface area contributed by atoms with E-state index < -0.39 is 140 Å². The smallest absolute Gasteiger partial charge is 0.445 e. The lowest BCUT2D eigenvalue weighted by molar-refractivity contribution is -0.461. The maximum atomic E-state index is 14.7. The van der Waals surface area contributed by atoms with Crippen LogP contribution in [0, 0.1) is 0 Å². The number of nitrogens with one attached hydrogen (secondary N) is 1. The molecule has 2 aliphatic rings. The first-order valence-corrected chi connectivity index (χ1v) is 30.6. The monoisotopic (exact) mass is 1430 g/mol. The molecule has 6 aromatic carbocycles. The molecular weight excluding hydrogens is 1360 g/mol. The first kappa shape index (κ1) is 77.7. The van der Waals surface area contributed by atoms with Gasteiger partial charge in [-0.05, 0) is 51.8 Å². The summed E-state index contributed by atoms with van der Waals surface area (Å²) in [5.41, 5.74) is 3.40. The fourth-order valence-electron chi connectivity index (χ4n) is 10.3. The van der Waals surface area contributed by atoms with Gasteiger partial charge < -0.3 is 62.9 Å². The fraction of sp³-hybridized carbons (Fsp3) is 0.456. The van der Waals surface area contributed by atoms with Gasteiger partial charge in [0.25, 0.3) is 0 Å². The molecule has 2 fully saturated rings. The number of ether oxygens (including phenoxy) is 10. The van der Waals surface area contributed by atoms with E-state index in [0.717, 1.165) is 52.1 Å². The van der Waals surface area contributed by atoms with Crippen LogP contribution in [0.1, 0.15) is 51.8 Å². The van der Waals surface area contributed by atoms with Gasteiger partial charge in [0.2, 0.25) is 0 Å². The number of aliphatic hydroxyl groups excluding tert-OH is 2. The number of aliphatic hydroxyl groups is 2. The Morgan fingerprint density at radius 2 is 0.778 bits per heavy atom. The average Bonchev–Trinajstić information content (AvgIpc) is 0.697. The summed E-state index contributed by atoms with van der Waals surface area (Å²) in [5, 5.41) is 26.1. The Kier molecular flexibility index (Phi) is 26.4. The van der Waals surface area contributed by atoms with E-state index in [0.29, 0.717) is 0 Å². The zero-order valence-corrected chi connectivity index (χ0v) is 52.0. The van der Waals surface area contributed by atoms with Gasteiger partial charge in [-0.15, -0.1) is 0 Å². The van der Waals surface area contributed by atoms with Crippen molar-refractivity contribution in [1.29, 1.82) is 0 Å². The van der Waals surface area contributed by atoms with Gasteiger partial charge in [0, 0.05) is 13.0 Å². The van der Waals surface area contributed by atoms with E-state index in [1.54, 1.807) is 24.3 Å². The molecule has 0 bridgehead atoms. The number of hydrogen-bond donors (Lipinski definition) is 3. The number of halogens is 17. The second-order valence-electron chi connectivity index (χ2n) is 23.1. The van der Waals surface area contributed by atoms with E-state index in [2.05, 4.69) is 5.32 Å². The number of alkyl halides is 17. The SMILES string of the molecule is O=C(NCCCO[C@@H]1O[C@H](COCc2ccccc2)[C@@H](O[C@@H]2O[C@H](COCc3ccccc3)[C@H](O)[C@H](O)[C@H]2OCc2ccccc2)[C@H](OCc2ccccc2)[C@H]1OCc1ccccc1)OCc1ccc(CCC(F)(F)C(F)(F)C(F)(F)C(F)(F)C(F)(F)C(F)(F)C(F)(F)C(F)(F)F)cc1. The first-order valence-electron chi connectivity index (χ1n) is 30.6. The number of carbonyl (C=O) groups is 1. The van der Waals surface area contributed by atoms with Crippen LogP contribution >= 0.6 is 0 Å². The normalized spacial score (nSPS) is 22.3. The number of benzene rings is 6. The highest BCUT2D eigenvalue weighted by Crippen LogP contribution is 2.64. The Labute approximate surface area is 556 Å². The summed E-state index contributed by atoms with van der Waals surface area (Å²) in [6, 6.07) is 49.4. The molecule has 8 rings (SSSR count). The van der Waals surface area contributed by atoms with Crippen LogP contribution in [0.5, 0.6) is 0 Å². The average molecular weight is 1430 g/mol. The molecule has 6 aromatic rings. The quantitative estimate of drug-likeness (QED) is 0.0255. The van der Waals surface area contributed by atoms with Gasteiger partial charge in [0.1, 0.15) is 55.4 Å². The van der Waals surface area contributed by atoms with Crippen molar-refractivity contribution in [3.63, 3.8) is 0 Å². The van der Waals surface area contributed by atoms with Gasteiger partial charge in [-0.3, -0.25) is 0 Å². The van der Waals surface area contributed by atoms with Crippen LogP contribution in [0.4, 0.5) is 79.4 Å². The fourth-order valence-corrected chi connectivity index (χ4v) is 10.3. The standard InChI is InChI=1S/C68H68F17NO13/c69-61(70,62(71,72)63(73,74)64(75,76)65(77,78)66(79,80)67(81,82)68(83,84)85)32-31-43-27-29-49(30-28-43)40-96-60(89)86-33-16-34-92-58-57(95-39-48-25-14-5-15-26-48)56(94-38-47-23-12-4-13-24-47)54(51(98-58)42-91-36-45-19-8-2-9-20-45)99-59-55(93-37-46-21-10-3-11-22-46)53(88)52(87)50(97-59)41-90-35-44-17-6-1-7-18-44/h1-15,17-30,50-59,87-88H,16,31-42H2,(H,86,89)/t50-,51-,52+,53+,54-,55-,56+,57-,58-,59+/m1/s1. The molecule has 1 amide bonds. The number of aryl methyl sites for hydroxylation is 1. The summed E-state index contributed by atoms with van der Waals surface area (Å²) in [7, 11) is 0. The van der Waals surface area contributed by atoms with Crippen LogP contribution in [0.3, 0.4) is 0 Å². The molecule has 14 nitrogen and oxygen atoms in total. The molecule has 31 heteroatoms. The van der Waals surface area contributed by atoms with Crippen LogP contribution in [0.2, 0.25) is 0 Å². The number of hydrogen-bond acceptors (Lipinski definition) is 13. The summed E-state index contributed by atoms with van der Waals surface area (Å²) >= 11 is 0. The molecule has 99 heavy (non-hydrogen) atoms. The van der Waals surface area contributed by atoms with E-state index in [-0.39, 0.29) is 71.4 Å². The van der Waals surface area contributed by atoms with E-state index in [9.17, 15) is 89.6 Å². The van der Waals surface area contributed by atoms with Crippen molar-refractivity contribution in [3.8, 4) is 0 Å². The highest BCUT2D eigenvalue weighted by atomic mass is 19.4. The molecule has 2 aliphatic heterocycles.